The van der Waals surface area contributed by atoms with Crippen LogP contribution >= 0.6 is 0 Å². The van der Waals surface area contributed by atoms with Gasteiger partial charge in [0.05, 0.1) is 0 Å². The van der Waals surface area contributed by atoms with Gasteiger partial charge < -0.3 is 4.90 Å². The normalized spacial score (nSPS) is 21.8. The highest BCUT2D eigenvalue weighted by atomic mass is 16.2. The van der Waals surface area contributed by atoms with Crippen LogP contribution < -0.4 is 0 Å². The fourth-order valence-corrected chi connectivity index (χ4v) is 2.44. The molecule has 0 unspecified atom stereocenters. The minimum atomic E-state index is -0.176. The van der Waals surface area contributed by atoms with E-state index in [9.17, 15) is 9.59 Å². The maximum atomic E-state index is 11.3. The van der Waals surface area contributed by atoms with Crippen LogP contribution in [0.15, 0.2) is 12.2 Å². The Balaban J connectivity index is 1.78. The lowest BCUT2D eigenvalue weighted by Crippen LogP contribution is -2.40. The molecule has 0 aromatic heterocycles. The molecule has 88 valence electrons. The highest BCUT2D eigenvalue weighted by Gasteiger charge is 2.25. The molecular weight excluding hydrogens is 204 g/mol. The first-order chi connectivity index (χ1) is 7.68. The molecule has 1 fully saturated rings. The van der Waals surface area contributed by atoms with E-state index in [2.05, 4.69) is 11.9 Å². The Morgan fingerprint density at radius 2 is 1.81 bits per heavy atom. The van der Waals surface area contributed by atoms with E-state index in [1.54, 1.807) is 0 Å². The number of carbonyl (C=O) groups is 2. The van der Waals surface area contributed by atoms with Gasteiger partial charge in [0.2, 0.25) is 0 Å². The standard InChI is InChI=1S/C12H18N2O2/c1-13(10-4-2-3-5-10)8-9-14-11(15)6-7-12(14)16/h6-7,10H,2-5,8-9H2,1H3. The average molecular weight is 222 g/mol. The third-order valence-electron chi connectivity index (χ3n) is 3.52. The van der Waals surface area contributed by atoms with Crippen molar-refractivity contribution in [3.63, 3.8) is 0 Å². The van der Waals surface area contributed by atoms with Gasteiger partial charge in [0.15, 0.2) is 0 Å². The molecule has 0 radical (unpaired) electrons. The molecule has 1 saturated carbocycles. The summed E-state index contributed by atoms with van der Waals surface area (Å²) in [6, 6.07) is 0.640. The minimum absolute atomic E-state index is 0.176. The van der Waals surface area contributed by atoms with Crippen LogP contribution in [0.2, 0.25) is 0 Å². The highest BCUT2D eigenvalue weighted by Crippen LogP contribution is 2.22. The summed E-state index contributed by atoms with van der Waals surface area (Å²) in [5, 5.41) is 0. The predicted molar refractivity (Wildman–Crippen MR) is 60.7 cm³/mol. The number of rotatable bonds is 4. The summed E-state index contributed by atoms with van der Waals surface area (Å²) in [5.74, 6) is -0.352. The van der Waals surface area contributed by atoms with Crippen LogP contribution in [0.25, 0.3) is 0 Å². The first kappa shape index (κ1) is 11.3. The smallest absolute Gasteiger partial charge is 0.253 e. The zero-order valence-corrected chi connectivity index (χ0v) is 9.69. The molecule has 4 heteroatoms. The van der Waals surface area contributed by atoms with Gasteiger partial charge in [-0.2, -0.15) is 0 Å². The van der Waals surface area contributed by atoms with E-state index in [1.807, 2.05) is 0 Å². The van der Waals surface area contributed by atoms with E-state index in [4.69, 9.17) is 0 Å². The van der Waals surface area contributed by atoms with Gasteiger partial charge in [0.1, 0.15) is 0 Å². The van der Waals surface area contributed by atoms with Crippen molar-refractivity contribution in [2.75, 3.05) is 20.1 Å². The largest absolute Gasteiger partial charge is 0.302 e. The van der Waals surface area contributed by atoms with Crippen molar-refractivity contribution in [2.24, 2.45) is 0 Å². The molecule has 2 amide bonds. The molecule has 0 aromatic rings. The molecule has 1 aliphatic heterocycles. The van der Waals surface area contributed by atoms with Crippen LogP contribution in [0, 0.1) is 0 Å². The SMILES string of the molecule is CN(CCN1C(=O)C=CC1=O)C1CCCC1. The van der Waals surface area contributed by atoms with E-state index >= 15 is 0 Å². The van der Waals surface area contributed by atoms with E-state index in [-0.39, 0.29) is 11.8 Å². The Morgan fingerprint density at radius 3 is 2.38 bits per heavy atom. The Labute approximate surface area is 95.9 Å². The number of likely N-dealkylation sites (N-methyl/N-ethyl adjacent to an activating group) is 1. The van der Waals surface area contributed by atoms with Crippen molar-refractivity contribution in [2.45, 2.75) is 31.7 Å². The maximum absolute atomic E-state index is 11.3. The summed E-state index contributed by atoms with van der Waals surface area (Å²) in [4.78, 5) is 26.2. The van der Waals surface area contributed by atoms with E-state index in [0.717, 1.165) is 6.54 Å². The van der Waals surface area contributed by atoms with E-state index in [1.165, 1.54) is 42.7 Å². The summed E-state index contributed by atoms with van der Waals surface area (Å²) in [6.45, 7) is 1.29. The molecule has 0 spiro atoms. The van der Waals surface area contributed by atoms with Gasteiger partial charge in [-0.25, -0.2) is 0 Å². The molecule has 1 heterocycles. The highest BCUT2D eigenvalue weighted by molar-refractivity contribution is 6.12. The molecular formula is C12H18N2O2. The molecule has 0 atom stereocenters. The lowest BCUT2D eigenvalue weighted by molar-refractivity contribution is -0.137. The van der Waals surface area contributed by atoms with Crippen LogP contribution in [0.3, 0.4) is 0 Å². The molecule has 0 saturated heterocycles. The fourth-order valence-electron chi connectivity index (χ4n) is 2.44. The van der Waals surface area contributed by atoms with E-state index < -0.39 is 0 Å². The second-order valence-electron chi connectivity index (χ2n) is 4.58. The van der Waals surface area contributed by atoms with Crippen LogP contribution in [0.4, 0.5) is 0 Å². The fraction of sp³-hybridized carbons (Fsp3) is 0.667. The Hall–Kier alpha value is -1.16. The molecule has 4 nitrogen and oxygen atoms in total. The Bertz CT molecular complexity index is 301. The van der Waals surface area contributed by atoms with Crippen LogP contribution in [0.1, 0.15) is 25.7 Å². The quantitative estimate of drug-likeness (QED) is 0.660. The first-order valence-electron chi connectivity index (χ1n) is 5.92. The molecule has 2 rings (SSSR count). The van der Waals surface area contributed by atoms with Gasteiger partial charge in [-0.15, -0.1) is 0 Å². The third kappa shape index (κ3) is 2.32. The molecule has 16 heavy (non-hydrogen) atoms. The molecule has 2 aliphatic rings. The van der Waals surface area contributed by atoms with Crippen molar-refractivity contribution in [3.8, 4) is 0 Å². The van der Waals surface area contributed by atoms with Crippen molar-refractivity contribution in [3.05, 3.63) is 12.2 Å². The lowest BCUT2D eigenvalue weighted by Gasteiger charge is -2.25. The Kier molecular flexibility index (Phi) is 3.39. The predicted octanol–water partition coefficient (Wildman–Crippen LogP) is 0.786. The van der Waals surface area contributed by atoms with Gasteiger partial charge in [-0.3, -0.25) is 14.5 Å². The van der Waals surface area contributed by atoms with Crippen LogP contribution in [-0.4, -0.2) is 47.8 Å². The number of carbonyl (C=O) groups excluding carboxylic acids is 2. The summed E-state index contributed by atoms with van der Waals surface area (Å²) in [7, 11) is 2.08. The van der Waals surface area contributed by atoms with Crippen molar-refractivity contribution in [1.29, 1.82) is 0 Å². The summed E-state index contributed by atoms with van der Waals surface area (Å²) >= 11 is 0. The average Bonchev–Trinajstić information content (AvgIpc) is 2.87. The van der Waals surface area contributed by atoms with Gasteiger partial charge in [-0.05, 0) is 19.9 Å². The zero-order chi connectivity index (χ0) is 11.5. The second kappa shape index (κ2) is 4.78. The maximum Gasteiger partial charge on any atom is 0.253 e. The van der Waals surface area contributed by atoms with Gasteiger partial charge in [0.25, 0.3) is 11.8 Å². The second-order valence-corrected chi connectivity index (χ2v) is 4.58. The third-order valence-corrected chi connectivity index (χ3v) is 3.52. The van der Waals surface area contributed by atoms with Crippen LogP contribution in [0.5, 0.6) is 0 Å². The minimum Gasteiger partial charge on any atom is -0.302 e. The number of hydrogen-bond donors (Lipinski definition) is 0. The topological polar surface area (TPSA) is 40.6 Å². The number of imide groups is 1. The van der Waals surface area contributed by atoms with Crippen LogP contribution in [-0.2, 0) is 9.59 Å². The summed E-state index contributed by atoms with van der Waals surface area (Å²) in [6.07, 6.45) is 7.79. The van der Waals surface area contributed by atoms with Crippen molar-refractivity contribution < 1.29 is 9.59 Å². The van der Waals surface area contributed by atoms with Gasteiger partial charge >= 0.3 is 0 Å². The Morgan fingerprint density at radius 1 is 1.25 bits per heavy atom. The molecule has 1 aliphatic carbocycles. The van der Waals surface area contributed by atoms with Gasteiger partial charge in [-0.1, -0.05) is 12.8 Å². The van der Waals surface area contributed by atoms with Crippen molar-refractivity contribution in [1.82, 2.24) is 9.80 Å². The number of hydrogen-bond acceptors (Lipinski definition) is 3. The lowest BCUT2D eigenvalue weighted by atomic mass is 10.2. The number of amides is 2. The number of nitrogens with zero attached hydrogens (tertiary/aromatic N) is 2. The molecule has 0 bridgehead atoms. The van der Waals surface area contributed by atoms with Crippen molar-refractivity contribution >= 4 is 11.8 Å². The zero-order valence-electron chi connectivity index (χ0n) is 9.69. The van der Waals surface area contributed by atoms with E-state index in [0.29, 0.717) is 12.6 Å². The molecule has 0 N–H and O–H groups in total. The first-order valence-corrected chi connectivity index (χ1v) is 5.92. The summed E-state index contributed by atoms with van der Waals surface area (Å²) in [5.41, 5.74) is 0. The summed E-state index contributed by atoms with van der Waals surface area (Å²) < 4.78 is 0. The van der Waals surface area contributed by atoms with Gasteiger partial charge in [0, 0.05) is 31.3 Å². The monoisotopic (exact) mass is 222 g/mol. The molecule has 0 aromatic carbocycles.